The quantitative estimate of drug-likeness (QED) is 0.500. The van der Waals surface area contributed by atoms with E-state index in [-0.39, 0.29) is 23.5 Å². The van der Waals surface area contributed by atoms with E-state index in [2.05, 4.69) is 5.32 Å². The smallest absolute Gasteiger partial charge is 0.310 e. The molecule has 0 heterocycles. The molecule has 168 valence electrons. The van der Waals surface area contributed by atoms with Crippen LogP contribution >= 0.6 is 0 Å². The van der Waals surface area contributed by atoms with Gasteiger partial charge in [-0.2, -0.15) is 0 Å². The van der Waals surface area contributed by atoms with Crippen molar-refractivity contribution >= 4 is 23.3 Å². The summed E-state index contributed by atoms with van der Waals surface area (Å²) in [6.45, 7) is -0.422. The molecular weight excluding hydrogens is 410 g/mol. The number of hydrogen-bond donors (Lipinski definition) is 1. The van der Waals surface area contributed by atoms with Crippen LogP contribution in [-0.4, -0.2) is 38.5 Å². The van der Waals surface area contributed by atoms with Crippen LogP contribution in [0.2, 0.25) is 0 Å². The lowest BCUT2D eigenvalue weighted by molar-refractivity contribution is -0.154. The number of methoxy groups -OCH3 is 2. The Kier molecular flexibility index (Phi) is 6.44. The number of Topliss-reactive ketones (excluding diaryl/α,β-unsaturated/α-hetero) is 1. The van der Waals surface area contributed by atoms with Crippen LogP contribution < -0.4 is 14.8 Å². The third-order valence-corrected chi connectivity index (χ3v) is 6.58. The Hall–Kier alpha value is -3.35. The Labute approximate surface area is 187 Å². The van der Waals surface area contributed by atoms with Crippen molar-refractivity contribution in [3.8, 4) is 11.5 Å². The lowest BCUT2D eigenvalue weighted by Gasteiger charge is -2.28. The van der Waals surface area contributed by atoms with Crippen LogP contribution in [0.15, 0.2) is 48.5 Å². The summed E-state index contributed by atoms with van der Waals surface area (Å²) in [7, 11) is 3.03. The zero-order valence-electron chi connectivity index (χ0n) is 18.2. The fraction of sp³-hybridized carbons (Fsp3) is 0.400. The Bertz CT molecular complexity index is 1000. The number of amides is 1. The molecule has 2 aliphatic carbocycles. The van der Waals surface area contributed by atoms with Gasteiger partial charge in [-0.25, -0.2) is 0 Å². The van der Waals surface area contributed by atoms with Crippen LogP contribution in [0.25, 0.3) is 0 Å². The van der Waals surface area contributed by atoms with Crippen LogP contribution in [0.5, 0.6) is 11.5 Å². The van der Waals surface area contributed by atoms with E-state index in [1.54, 1.807) is 30.3 Å². The first kappa shape index (κ1) is 21.9. The molecule has 2 bridgehead atoms. The van der Waals surface area contributed by atoms with Crippen molar-refractivity contribution in [3.05, 3.63) is 54.1 Å². The monoisotopic (exact) mass is 437 g/mol. The minimum Gasteiger partial charge on any atom is -0.497 e. The maximum absolute atomic E-state index is 13.1. The van der Waals surface area contributed by atoms with Gasteiger partial charge in [0, 0.05) is 17.5 Å². The second kappa shape index (κ2) is 9.42. The largest absolute Gasteiger partial charge is 0.497 e. The molecule has 1 amide bonds. The predicted octanol–water partition coefficient (Wildman–Crippen LogP) is 3.73. The zero-order chi connectivity index (χ0) is 22.7. The first-order chi connectivity index (χ1) is 15.5. The second-order valence-corrected chi connectivity index (χ2v) is 8.34. The van der Waals surface area contributed by atoms with Crippen LogP contribution in [0.3, 0.4) is 0 Å². The molecular formula is C25H27NO6. The number of ether oxygens (including phenoxy) is 3. The van der Waals surface area contributed by atoms with E-state index >= 15 is 0 Å². The average molecular weight is 437 g/mol. The highest BCUT2D eigenvalue weighted by molar-refractivity contribution is 6.01. The van der Waals surface area contributed by atoms with Crippen LogP contribution in [-0.2, 0) is 14.3 Å². The van der Waals surface area contributed by atoms with Gasteiger partial charge in [-0.1, -0.05) is 30.3 Å². The van der Waals surface area contributed by atoms with Gasteiger partial charge in [0.15, 0.2) is 12.4 Å². The highest BCUT2D eigenvalue weighted by atomic mass is 16.5. The molecule has 0 aromatic heterocycles. The molecule has 0 radical (unpaired) electrons. The molecule has 2 fully saturated rings. The second-order valence-electron chi connectivity index (χ2n) is 8.34. The van der Waals surface area contributed by atoms with Crippen LogP contribution in [0.1, 0.15) is 29.6 Å². The SMILES string of the molecule is COc1ccc(NC(=O)COC(=O)[C@@H]2[C@H]3CC[C@@H](C3)[C@H]2C(=O)c2ccccc2)c(OC)c1. The fourth-order valence-electron chi connectivity index (χ4n) is 5.12. The fourth-order valence-corrected chi connectivity index (χ4v) is 5.12. The van der Waals surface area contributed by atoms with E-state index in [9.17, 15) is 14.4 Å². The van der Waals surface area contributed by atoms with Gasteiger partial charge in [0.25, 0.3) is 5.91 Å². The predicted molar refractivity (Wildman–Crippen MR) is 118 cm³/mol. The molecule has 2 aromatic carbocycles. The van der Waals surface area contributed by atoms with Crippen molar-refractivity contribution < 1.29 is 28.6 Å². The highest BCUT2D eigenvalue weighted by Gasteiger charge is 2.54. The molecule has 1 N–H and O–H groups in total. The summed E-state index contributed by atoms with van der Waals surface area (Å²) in [6, 6.07) is 14.1. The van der Waals surface area contributed by atoms with Crippen molar-refractivity contribution in [3.63, 3.8) is 0 Å². The standard InChI is InChI=1S/C25H27NO6/c1-30-18-10-11-19(20(13-18)31-2)26-21(27)14-32-25(29)23-17-9-8-16(12-17)22(23)24(28)15-6-4-3-5-7-15/h3-7,10-11,13,16-17,22-23H,8-9,12,14H2,1-2H3,(H,26,27)/t16-,17-,22+,23+/m0/s1. The van der Waals surface area contributed by atoms with Crippen molar-refractivity contribution in [2.45, 2.75) is 19.3 Å². The molecule has 0 unspecified atom stereocenters. The molecule has 2 aromatic rings. The minimum atomic E-state index is -0.496. The molecule has 7 heteroatoms. The number of carbonyl (C=O) groups excluding carboxylic acids is 3. The average Bonchev–Trinajstić information content (AvgIpc) is 3.45. The molecule has 7 nitrogen and oxygen atoms in total. The molecule has 4 rings (SSSR count). The van der Waals surface area contributed by atoms with Gasteiger partial charge >= 0.3 is 5.97 Å². The number of rotatable bonds is 8. The van der Waals surface area contributed by atoms with Gasteiger partial charge in [0.05, 0.1) is 25.8 Å². The number of fused-ring (bicyclic) bond motifs is 2. The minimum absolute atomic E-state index is 0.00725. The van der Waals surface area contributed by atoms with Crippen LogP contribution in [0, 0.1) is 23.7 Å². The zero-order valence-corrected chi connectivity index (χ0v) is 18.2. The van der Waals surface area contributed by atoms with Crippen LogP contribution in [0.4, 0.5) is 5.69 Å². The van der Waals surface area contributed by atoms with Gasteiger partial charge in [0.2, 0.25) is 0 Å². The highest BCUT2D eigenvalue weighted by Crippen LogP contribution is 2.53. The first-order valence-electron chi connectivity index (χ1n) is 10.8. The lowest BCUT2D eigenvalue weighted by Crippen LogP contribution is -2.37. The summed E-state index contributed by atoms with van der Waals surface area (Å²) in [4.78, 5) is 38.5. The van der Waals surface area contributed by atoms with Crippen molar-refractivity contribution in [1.29, 1.82) is 0 Å². The number of benzene rings is 2. The Balaban J connectivity index is 1.40. The third kappa shape index (κ3) is 4.33. The third-order valence-electron chi connectivity index (χ3n) is 6.58. The number of esters is 1. The van der Waals surface area contributed by atoms with Crippen molar-refractivity contribution in [1.82, 2.24) is 0 Å². The number of carbonyl (C=O) groups is 3. The van der Waals surface area contributed by atoms with Gasteiger partial charge < -0.3 is 19.5 Å². The van der Waals surface area contributed by atoms with Crippen molar-refractivity contribution in [2.75, 3.05) is 26.1 Å². The maximum atomic E-state index is 13.1. The van der Waals surface area contributed by atoms with E-state index in [0.717, 1.165) is 19.3 Å². The molecule has 2 saturated carbocycles. The van der Waals surface area contributed by atoms with E-state index in [1.807, 2.05) is 18.2 Å². The maximum Gasteiger partial charge on any atom is 0.310 e. The van der Waals surface area contributed by atoms with E-state index in [1.165, 1.54) is 14.2 Å². The summed E-state index contributed by atoms with van der Waals surface area (Å²) in [5.41, 5.74) is 1.07. The number of ketones is 1. The summed E-state index contributed by atoms with van der Waals surface area (Å²) >= 11 is 0. The Morgan fingerprint density at radius 2 is 1.66 bits per heavy atom. The summed E-state index contributed by atoms with van der Waals surface area (Å²) < 4.78 is 15.8. The summed E-state index contributed by atoms with van der Waals surface area (Å²) in [6.07, 6.45) is 2.73. The molecule has 32 heavy (non-hydrogen) atoms. The lowest BCUT2D eigenvalue weighted by atomic mass is 9.75. The van der Waals surface area contributed by atoms with Gasteiger partial charge in [-0.3, -0.25) is 14.4 Å². The summed E-state index contributed by atoms with van der Waals surface area (Å²) in [5, 5.41) is 2.69. The normalized spacial score (nSPS) is 23.4. The van der Waals surface area contributed by atoms with Gasteiger partial charge in [-0.05, 0) is 43.2 Å². The molecule has 0 aliphatic heterocycles. The molecule has 4 atom stereocenters. The van der Waals surface area contributed by atoms with Gasteiger partial charge in [-0.15, -0.1) is 0 Å². The van der Waals surface area contributed by atoms with E-state index in [4.69, 9.17) is 14.2 Å². The van der Waals surface area contributed by atoms with Crippen molar-refractivity contribution in [2.24, 2.45) is 23.7 Å². The van der Waals surface area contributed by atoms with E-state index < -0.39 is 24.4 Å². The number of nitrogens with one attached hydrogen (secondary N) is 1. The molecule has 0 saturated heterocycles. The Morgan fingerprint density at radius 3 is 2.34 bits per heavy atom. The van der Waals surface area contributed by atoms with Gasteiger partial charge in [0.1, 0.15) is 11.5 Å². The number of hydrogen-bond acceptors (Lipinski definition) is 6. The molecule has 2 aliphatic rings. The summed E-state index contributed by atoms with van der Waals surface area (Å²) in [5.74, 6) is -0.468. The molecule has 0 spiro atoms. The first-order valence-corrected chi connectivity index (χ1v) is 10.8. The van der Waals surface area contributed by atoms with E-state index in [0.29, 0.717) is 22.7 Å². The number of anilines is 1. The topological polar surface area (TPSA) is 90.9 Å². The Morgan fingerprint density at radius 1 is 0.938 bits per heavy atom.